The zero-order chi connectivity index (χ0) is 11.3. The van der Waals surface area contributed by atoms with E-state index in [-0.39, 0.29) is 29.9 Å². The summed E-state index contributed by atoms with van der Waals surface area (Å²) in [6.45, 7) is 2.71. The minimum absolute atomic E-state index is 0.0335. The number of ether oxygens (including phenoxy) is 1. The third-order valence-corrected chi connectivity index (χ3v) is 4.06. The average Bonchev–Trinajstić information content (AvgIpc) is 2.26. The minimum Gasteiger partial charge on any atom is -0.466 e. The van der Waals surface area contributed by atoms with E-state index in [1.807, 2.05) is 0 Å². The van der Waals surface area contributed by atoms with E-state index in [1.165, 1.54) is 0 Å². The summed E-state index contributed by atoms with van der Waals surface area (Å²) < 4.78 is 27.6. The van der Waals surface area contributed by atoms with Crippen molar-refractivity contribution in [1.82, 2.24) is 5.32 Å². The highest BCUT2D eigenvalue weighted by Crippen LogP contribution is 2.06. The standard InChI is InChI=1S/C9H17NO4S/c1-2-14-9(11)6-8-7-15(12,13)5-3-4-10-8/h8,10H,2-7H2,1H3. The van der Waals surface area contributed by atoms with Gasteiger partial charge in [-0.15, -0.1) is 0 Å². The van der Waals surface area contributed by atoms with E-state index in [4.69, 9.17) is 4.74 Å². The van der Waals surface area contributed by atoms with Crippen LogP contribution in [0.3, 0.4) is 0 Å². The third-order valence-electron chi connectivity index (χ3n) is 2.24. The van der Waals surface area contributed by atoms with Gasteiger partial charge in [0.1, 0.15) is 0 Å². The molecule has 1 saturated heterocycles. The lowest BCUT2D eigenvalue weighted by Gasteiger charge is -2.13. The molecule has 0 aliphatic carbocycles. The van der Waals surface area contributed by atoms with Crippen LogP contribution in [0.4, 0.5) is 0 Å². The van der Waals surface area contributed by atoms with Crippen molar-refractivity contribution in [3.63, 3.8) is 0 Å². The summed E-state index contributed by atoms with van der Waals surface area (Å²) in [4.78, 5) is 11.2. The van der Waals surface area contributed by atoms with Gasteiger partial charge in [0.2, 0.25) is 0 Å². The molecule has 1 N–H and O–H groups in total. The highest BCUT2D eigenvalue weighted by atomic mass is 32.2. The van der Waals surface area contributed by atoms with Gasteiger partial charge in [0.25, 0.3) is 0 Å². The van der Waals surface area contributed by atoms with Crippen LogP contribution in [0.5, 0.6) is 0 Å². The largest absolute Gasteiger partial charge is 0.466 e. The molecule has 0 aromatic rings. The molecule has 0 bridgehead atoms. The van der Waals surface area contributed by atoms with Crippen LogP contribution in [0.15, 0.2) is 0 Å². The van der Waals surface area contributed by atoms with Crippen molar-refractivity contribution >= 4 is 15.8 Å². The predicted molar refractivity (Wildman–Crippen MR) is 56.3 cm³/mol. The molecule has 1 rings (SSSR count). The topological polar surface area (TPSA) is 72.5 Å². The van der Waals surface area contributed by atoms with Crippen LogP contribution in [0, 0.1) is 0 Å². The first kappa shape index (κ1) is 12.4. The van der Waals surface area contributed by atoms with Gasteiger partial charge in [-0.25, -0.2) is 8.42 Å². The van der Waals surface area contributed by atoms with Gasteiger partial charge in [0, 0.05) is 6.04 Å². The van der Waals surface area contributed by atoms with Crippen LogP contribution in [-0.2, 0) is 19.4 Å². The number of carbonyl (C=O) groups is 1. The first-order chi connectivity index (χ1) is 7.03. The Balaban J connectivity index is 2.50. The lowest BCUT2D eigenvalue weighted by molar-refractivity contribution is -0.143. The molecule has 6 heteroatoms. The lowest BCUT2D eigenvalue weighted by atomic mass is 10.2. The van der Waals surface area contributed by atoms with Gasteiger partial charge >= 0.3 is 5.97 Å². The monoisotopic (exact) mass is 235 g/mol. The maximum Gasteiger partial charge on any atom is 0.307 e. The number of carbonyl (C=O) groups excluding carboxylic acids is 1. The molecule has 1 atom stereocenters. The number of hydrogen-bond acceptors (Lipinski definition) is 5. The molecule has 1 fully saturated rings. The molecular formula is C9H17NO4S. The average molecular weight is 235 g/mol. The van der Waals surface area contributed by atoms with Crippen molar-refractivity contribution in [3.05, 3.63) is 0 Å². The van der Waals surface area contributed by atoms with Crippen molar-refractivity contribution in [3.8, 4) is 0 Å². The van der Waals surface area contributed by atoms with Crippen molar-refractivity contribution in [2.45, 2.75) is 25.8 Å². The van der Waals surface area contributed by atoms with Crippen LogP contribution in [0.1, 0.15) is 19.8 Å². The second-order valence-corrected chi connectivity index (χ2v) is 5.86. The van der Waals surface area contributed by atoms with E-state index in [9.17, 15) is 13.2 Å². The smallest absolute Gasteiger partial charge is 0.307 e. The Bertz CT molecular complexity index is 312. The first-order valence-corrected chi connectivity index (χ1v) is 6.95. The maximum atomic E-state index is 11.4. The van der Waals surface area contributed by atoms with E-state index in [0.29, 0.717) is 19.6 Å². The van der Waals surface area contributed by atoms with Crippen LogP contribution in [0.2, 0.25) is 0 Å². The number of nitrogens with one attached hydrogen (secondary N) is 1. The second-order valence-electron chi connectivity index (χ2n) is 3.63. The van der Waals surface area contributed by atoms with Crippen LogP contribution < -0.4 is 5.32 Å². The zero-order valence-electron chi connectivity index (χ0n) is 8.86. The van der Waals surface area contributed by atoms with Crippen LogP contribution in [0.25, 0.3) is 0 Å². The Hall–Kier alpha value is -0.620. The van der Waals surface area contributed by atoms with E-state index in [2.05, 4.69) is 5.32 Å². The number of hydrogen-bond donors (Lipinski definition) is 1. The van der Waals surface area contributed by atoms with Gasteiger partial charge in [-0.1, -0.05) is 0 Å². The molecule has 88 valence electrons. The maximum absolute atomic E-state index is 11.4. The van der Waals surface area contributed by atoms with Crippen molar-refractivity contribution in [1.29, 1.82) is 0 Å². The summed E-state index contributed by atoms with van der Waals surface area (Å²) >= 11 is 0. The Kier molecular flexibility index (Phi) is 4.53. The summed E-state index contributed by atoms with van der Waals surface area (Å²) in [6.07, 6.45) is 0.745. The molecule has 0 spiro atoms. The first-order valence-electron chi connectivity index (χ1n) is 5.13. The van der Waals surface area contributed by atoms with Gasteiger partial charge in [-0.2, -0.15) is 0 Å². The Morgan fingerprint density at radius 3 is 2.93 bits per heavy atom. The normalized spacial score (nSPS) is 25.5. The van der Waals surface area contributed by atoms with Crippen LogP contribution >= 0.6 is 0 Å². The van der Waals surface area contributed by atoms with Gasteiger partial charge < -0.3 is 10.1 Å². The zero-order valence-corrected chi connectivity index (χ0v) is 9.68. The number of sulfone groups is 1. The molecule has 0 aromatic heterocycles. The molecule has 0 radical (unpaired) electrons. The van der Waals surface area contributed by atoms with Crippen LogP contribution in [-0.4, -0.2) is 45.1 Å². The van der Waals surface area contributed by atoms with Gasteiger partial charge in [-0.3, -0.25) is 4.79 Å². The molecule has 1 aliphatic rings. The quantitative estimate of drug-likeness (QED) is 0.681. The Labute approximate surface area is 90.1 Å². The molecule has 0 saturated carbocycles. The molecule has 1 heterocycles. The lowest BCUT2D eigenvalue weighted by Crippen LogP contribution is -2.35. The van der Waals surface area contributed by atoms with Gasteiger partial charge in [0.15, 0.2) is 9.84 Å². The van der Waals surface area contributed by atoms with E-state index < -0.39 is 9.84 Å². The Morgan fingerprint density at radius 2 is 2.27 bits per heavy atom. The summed E-state index contributed by atoms with van der Waals surface area (Å²) in [5.41, 5.74) is 0. The second kappa shape index (κ2) is 5.46. The molecule has 1 unspecified atom stereocenters. The summed E-state index contributed by atoms with van der Waals surface area (Å²) in [6, 6.07) is -0.295. The summed E-state index contributed by atoms with van der Waals surface area (Å²) in [7, 11) is -3.00. The summed E-state index contributed by atoms with van der Waals surface area (Å²) in [5, 5.41) is 3.05. The fourth-order valence-corrected chi connectivity index (χ4v) is 3.20. The molecule has 1 aliphatic heterocycles. The molecule has 15 heavy (non-hydrogen) atoms. The molecule has 0 aromatic carbocycles. The highest BCUT2D eigenvalue weighted by Gasteiger charge is 2.24. The van der Waals surface area contributed by atoms with Gasteiger partial charge in [-0.05, 0) is 19.9 Å². The highest BCUT2D eigenvalue weighted by molar-refractivity contribution is 7.91. The summed E-state index contributed by atoms with van der Waals surface area (Å²) in [5.74, 6) is -0.0994. The number of esters is 1. The minimum atomic E-state index is -3.00. The van der Waals surface area contributed by atoms with Gasteiger partial charge in [0.05, 0.1) is 24.5 Å². The molecule has 5 nitrogen and oxygen atoms in total. The van der Waals surface area contributed by atoms with E-state index >= 15 is 0 Å². The SMILES string of the molecule is CCOC(=O)CC1CS(=O)(=O)CCCN1. The Morgan fingerprint density at radius 1 is 1.53 bits per heavy atom. The third kappa shape index (κ3) is 4.61. The van der Waals surface area contributed by atoms with Crippen molar-refractivity contribution < 1.29 is 17.9 Å². The number of rotatable bonds is 3. The molecular weight excluding hydrogens is 218 g/mol. The van der Waals surface area contributed by atoms with Crippen molar-refractivity contribution in [2.24, 2.45) is 0 Å². The van der Waals surface area contributed by atoms with E-state index in [0.717, 1.165) is 0 Å². The van der Waals surface area contributed by atoms with E-state index in [1.54, 1.807) is 6.92 Å². The predicted octanol–water partition coefficient (Wildman–Crippen LogP) is -0.284. The fraction of sp³-hybridized carbons (Fsp3) is 0.889. The van der Waals surface area contributed by atoms with Crippen molar-refractivity contribution in [2.75, 3.05) is 24.7 Å². The fourth-order valence-electron chi connectivity index (χ4n) is 1.60. The molecule has 0 amide bonds.